The minimum Gasteiger partial charge on any atom is -0.387 e. The second kappa shape index (κ2) is 4.30. The van der Waals surface area contributed by atoms with Crippen LogP contribution in [0.3, 0.4) is 0 Å². The first kappa shape index (κ1) is 11.8. The Morgan fingerprint density at radius 2 is 1.94 bits per heavy atom. The molecule has 0 amide bonds. The van der Waals surface area contributed by atoms with Crippen molar-refractivity contribution in [3.63, 3.8) is 0 Å². The highest BCUT2D eigenvalue weighted by Gasteiger charge is 2.09. The molecule has 0 aliphatic rings. The molecular formula is C13H17N3O. The lowest BCUT2D eigenvalue weighted by molar-refractivity contribution is 0.194. The fourth-order valence-corrected chi connectivity index (χ4v) is 1.74. The van der Waals surface area contributed by atoms with E-state index in [2.05, 4.69) is 17.0 Å². The molecule has 1 unspecified atom stereocenters. The summed E-state index contributed by atoms with van der Waals surface area (Å²) in [7, 11) is 0. The summed E-state index contributed by atoms with van der Waals surface area (Å²) in [4.78, 5) is 4.22. The molecule has 0 aromatic carbocycles. The van der Waals surface area contributed by atoms with Gasteiger partial charge in [-0.3, -0.25) is 4.98 Å². The molecule has 4 nitrogen and oxygen atoms in total. The molecule has 0 fully saturated rings. The molecule has 0 saturated heterocycles. The van der Waals surface area contributed by atoms with Crippen LogP contribution in [0.1, 0.15) is 35.7 Å². The van der Waals surface area contributed by atoms with Gasteiger partial charge in [-0.25, -0.2) is 4.68 Å². The number of nitrogens with zero attached hydrogens (tertiary/aromatic N) is 3. The largest absolute Gasteiger partial charge is 0.387 e. The maximum atomic E-state index is 9.40. The first-order chi connectivity index (χ1) is 8.00. The lowest BCUT2D eigenvalue weighted by Crippen LogP contribution is -2.02. The first-order valence-corrected chi connectivity index (χ1v) is 5.68. The fraction of sp³-hybridized carbons (Fsp3) is 0.385. The summed E-state index contributed by atoms with van der Waals surface area (Å²) in [6.07, 6.45) is 1.20. The van der Waals surface area contributed by atoms with Crippen molar-refractivity contribution >= 4 is 0 Å². The Hall–Kier alpha value is -1.68. The molecule has 90 valence electrons. The summed E-state index contributed by atoms with van der Waals surface area (Å²) in [6.45, 7) is 7.80. The Bertz CT molecular complexity index is 526. The number of hydrogen-bond acceptors (Lipinski definition) is 3. The standard InChI is InChI=1S/C13H17N3O/c1-8-9(2)15-16(10(8)3)12-5-6-13(11(4)17)14-7-12/h5-7,11,17H,1-4H3. The lowest BCUT2D eigenvalue weighted by Gasteiger charge is -2.07. The smallest absolute Gasteiger partial charge is 0.0931 e. The highest BCUT2D eigenvalue weighted by molar-refractivity contribution is 5.35. The Labute approximate surface area is 101 Å². The quantitative estimate of drug-likeness (QED) is 0.862. The third kappa shape index (κ3) is 2.08. The predicted molar refractivity (Wildman–Crippen MR) is 66.2 cm³/mol. The van der Waals surface area contributed by atoms with Gasteiger partial charge >= 0.3 is 0 Å². The zero-order valence-electron chi connectivity index (χ0n) is 10.6. The highest BCUT2D eigenvalue weighted by Crippen LogP contribution is 2.17. The van der Waals surface area contributed by atoms with Crippen LogP contribution in [0.15, 0.2) is 18.3 Å². The van der Waals surface area contributed by atoms with Crippen molar-refractivity contribution in [2.24, 2.45) is 0 Å². The van der Waals surface area contributed by atoms with Gasteiger partial charge in [0.1, 0.15) is 0 Å². The van der Waals surface area contributed by atoms with Gasteiger partial charge in [0.05, 0.1) is 29.4 Å². The van der Waals surface area contributed by atoms with Crippen LogP contribution in [0.25, 0.3) is 5.69 Å². The van der Waals surface area contributed by atoms with E-state index in [-0.39, 0.29) is 0 Å². The first-order valence-electron chi connectivity index (χ1n) is 5.68. The Kier molecular flexibility index (Phi) is 2.98. The number of aromatic nitrogens is 3. The SMILES string of the molecule is Cc1nn(-c2ccc(C(C)O)nc2)c(C)c1C. The van der Waals surface area contributed by atoms with Gasteiger partial charge in [-0.15, -0.1) is 0 Å². The minimum atomic E-state index is -0.536. The molecule has 0 bridgehead atoms. The van der Waals surface area contributed by atoms with Gasteiger partial charge < -0.3 is 5.11 Å². The second-order valence-electron chi connectivity index (χ2n) is 4.32. The Morgan fingerprint density at radius 1 is 1.24 bits per heavy atom. The van der Waals surface area contributed by atoms with E-state index in [0.29, 0.717) is 5.69 Å². The van der Waals surface area contributed by atoms with Crippen LogP contribution in [0.2, 0.25) is 0 Å². The van der Waals surface area contributed by atoms with E-state index in [1.54, 1.807) is 13.1 Å². The van der Waals surface area contributed by atoms with Crippen LogP contribution in [-0.4, -0.2) is 19.9 Å². The van der Waals surface area contributed by atoms with Gasteiger partial charge in [0.15, 0.2) is 0 Å². The van der Waals surface area contributed by atoms with Crippen molar-refractivity contribution in [3.05, 3.63) is 41.0 Å². The van der Waals surface area contributed by atoms with Crippen LogP contribution in [0, 0.1) is 20.8 Å². The molecule has 0 aliphatic carbocycles. The zero-order valence-corrected chi connectivity index (χ0v) is 10.6. The summed E-state index contributed by atoms with van der Waals surface area (Å²) in [5, 5.41) is 13.9. The van der Waals surface area contributed by atoms with Crippen molar-refractivity contribution in [3.8, 4) is 5.69 Å². The molecule has 2 aromatic rings. The van der Waals surface area contributed by atoms with Gasteiger partial charge in [-0.05, 0) is 45.4 Å². The summed E-state index contributed by atoms with van der Waals surface area (Å²) in [6, 6.07) is 3.75. The molecule has 0 aliphatic heterocycles. The second-order valence-corrected chi connectivity index (χ2v) is 4.32. The number of rotatable bonds is 2. The molecular weight excluding hydrogens is 214 g/mol. The van der Waals surface area contributed by atoms with E-state index in [4.69, 9.17) is 0 Å². The van der Waals surface area contributed by atoms with Gasteiger partial charge in [0, 0.05) is 5.69 Å². The normalized spacial score (nSPS) is 12.8. The number of aliphatic hydroxyl groups excluding tert-OH is 1. The number of pyridine rings is 1. The van der Waals surface area contributed by atoms with Crippen LogP contribution in [0.5, 0.6) is 0 Å². The fourth-order valence-electron chi connectivity index (χ4n) is 1.74. The molecule has 0 spiro atoms. The van der Waals surface area contributed by atoms with Gasteiger partial charge in [0.2, 0.25) is 0 Å². The third-order valence-corrected chi connectivity index (χ3v) is 3.10. The van der Waals surface area contributed by atoms with E-state index in [0.717, 1.165) is 17.1 Å². The van der Waals surface area contributed by atoms with Crippen molar-refractivity contribution < 1.29 is 5.11 Å². The van der Waals surface area contributed by atoms with Crippen molar-refractivity contribution in [2.75, 3.05) is 0 Å². The molecule has 0 radical (unpaired) electrons. The maximum Gasteiger partial charge on any atom is 0.0931 e. The van der Waals surface area contributed by atoms with Crippen LogP contribution < -0.4 is 0 Å². The van der Waals surface area contributed by atoms with E-state index >= 15 is 0 Å². The average Bonchev–Trinajstić information content (AvgIpc) is 2.57. The van der Waals surface area contributed by atoms with Crippen molar-refractivity contribution in [2.45, 2.75) is 33.8 Å². The van der Waals surface area contributed by atoms with Gasteiger partial charge in [-0.1, -0.05) is 0 Å². The molecule has 2 heterocycles. The molecule has 4 heteroatoms. The van der Waals surface area contributed by atoms with Crippen molar-refractivity contribution in [1.29, 1.82) is 0 Å². The molecule has 17 heavy (non-hydrogen) atoms. The summed E-state index contributed by atoms with van der Waals surface area (Å²) in [5.41, 5.74) is 4.94. The average molecular weight is 231 g/mol. The maximum absolute atomic E-state index is 9.40. The minimum absolute atomic E-state index is 0.536. The van der Waals surface area contributed by atoms with Crippen LogP contribution in [0.4, 0.5) is 0 Å². The molecule has 0 saturated carbocycles. The lowest BCUT2D eigenvalue weighted by atomic mass is 10.2. The Balaban J connectivity index is 2.43. The zero-order chi connectivity index (χ0) is 12.6. The van der Waals surface area contributed by atoms with E-state index in [1.807, 2.05) is 30.7 Å². The Morgan fingerprint density at radius 3 is 2.35 bits per heavy atom. The highest BCUT2D eigenvalue weighted by atomic mass is 16.3. The monoisotopic (exact) mass is 231 g/mol. The molecule has 1 N–H and O–H groups in total. The van der Waals surface area contributed by atoms with Crippen LogP contribution in [-0.2, 0) is 0 Å². The summed E-state index contributed by atoms with van der Waals surface area (Å²) < 4.78 is 1.88. The third-order valence-electron chi connectivity index (χ3n) is 3.10. The predicted octanol–water partition coefficient (Wildman–Crippen LogP) is 2.25. The molecule has 2 rings (SSSR count). The molecule has 2 aromatic heterocycles. The van der Waals surface area contributed by atoms with E-state index in [1.165, 1.54) is 5.56 Å². The van der Waals surface area contributed by atoms with Crippen LogP contribution >= 0.6 is 0 Å². The summed E-state index contributed by atoms with van der Waals surface area (Å²) in [5.74, 6) is 0. The summed E-state index contributed by atoms with van der Waals surface area (Å²) >= 11 is 0. The van der Waals surface area contributed by atoms with Gasteiger partial charge in [0.25, 0.3) is 0 Å². The van der Waals surface area contributed by atoms with E-state index in [9.17, 15) is 5.11 Å². The number of aliphatic hydroxyl groups is 1. The van der Waals surface area contributed by atoms with Gasteiger partial charge in [-0.2, -0.15) is 5.10 Å². The topological polar surface area (TPSA) is 50.9 Å². The van der Waals surface area contributed by atoms with Crippen molar-refractivity contribution in [1.82, 2.24) is 14.8 Å². The molecule has 1 atom stereocenters. The van der Waals surface area contributed by atoms with E-state index < -0.39 is 6.10 Å². The number of aryl methyl sites for hydroxylation is 1. The number of hydrogen-bond donors (Lipinski definition) is 1.